The van der Waals surface area contributed by atoms with Crippen molar-refractivity contribution in [3.05, 3.63) is 69.8 Å². The first-order chi connectivity index (χ1) is 12.3. The Morgan fingerprint density at radius 2 is 1.73 bits per heavy atom. The quantitative estimate of drug-likeness (QED) is 0.437. The molecule has 1 saturated carbocycles. The number of nitro benzene ring substituents is 1. The predicted octanol–water partition coefficient (Wildman–Crippen LogP) is 4.34. The van der Waals surface area contributed by atoms with Crippen LogP contribution in [0, 0.1) is 16.0 Å². The van der Waals surface area contributed by atoms with Crippen LogP contribution < -0.4 is 4.74 Å². The molecule has 0 saturated heterocycles. The summed E-state index contributed by atoms with van der Waals surface area (Å²) >= 11 is 0. The van der Waals surface area contributed by atoms with Gasteiger partial charge in [0.2, 0.25) is 0 Å². The van der Waals surface area contributed by atoms with E-state index in [2.05, 4.69) is 0 Å². The van der Waals surface area contributed by atoms with Crippen LogP contribution >= 0.6 is 0 Å². The van der Waals surface area contributed by atoms with Gasteiger partial charge in [0.05, 0.1) is 17.6 Å². The standard InChI is InChI=1S/C20H21NO5/c1-20(2,18-12-17(18)13-6-10-16(25-3)11-7-13)26-19(22)14-4-8-15(9-5-14)21(23)24/h4-11,17-18H,12H2,1-3H3/t17-,18+/m1/s1. The molecule has 2 atom stereocenters. The molecule has 0 radical (unpaired) electrons. The number of hydrogen-bond acceptors (Lipinski definition) is 5. The summed E-state index contributed by atoms with van der Waals surface area (Å²) in [7, 11) is 1.63. The molecule has 0 aromatic heterocycles. The van der Waals surface area contributed by atoms with Crippen LogP contribution in [0.25, 0.3) is 0 Å². The number of rotatable bonds is 6. The van der Waals surface area contributed by atoms with Gasteiger partial charge in [0.25, 0.3) is 5.69 Å². The van der Waals surface area contributed by atoms with Crippen LogP contribution in [0.5, 0.6) is 5.75 Å². The molecule has 1 aliphatic rings. The monoisotopic (exact) mass is 355 g/mol. The van der Waals surface area contributed by atoms with Crippen molar-refractivity contribution in [1.29, 1.82) is 0 Å². The second-order valence-corrected chi connectivity index (χ2v) is 7.02. The maximum absolute atomic E-state index is 12.4. The maximum atomic E-state index is 12.4. The van der Waals surface area contributed by atoms with Gasteiger partial charge in [-0.3, -0.25) is 10.1 Å². The number of nitrogens with zero attached hydrogens (tertiary/aromatic N) is 1. The molecule has 1 fully saturated rings. The van der Waals surface area contributed by atoms with Crippen molar-refractivity contribution in [3.63, 3.8) is 0 Å². The van der Waals surface area contributed by atoms with Crippen LogP contribution in [0.3, 0.4) is 0 Å². The van der Waals surface area contributed by atoms with E-state index in [0.717, 1.165) is 12.2 Å². The average Bonchev–Trinajstić information content (AvgIpc) is 3.43. The molecule has 1 aliphatic carbocycles. The molecular weight excluding hydrogens is 334 g/mol. The molecule has 0 bridgehead atoms. The zero-order valence-electron chi connectivity index (χ0n) is 15.0. The number of ether oxygens (including phenoxy) is 2. The number of non-ortho nitro benzene ring substituents is 1. The van der Waals surface area contributed by atoms with Crippen molar-refractivity contribution < 1.29 is 19.2 Å². The van der Waals surface area contributed by atoms with Crippen LogP contribution in [-0.2, 0) is 4.74 Å². The fraction of sp³-hybridized carbons (Fsp3) is 0.350. The molecule has 6 heteroatoms. The van der Waals surface area contributed by atoms with E-state index >= 15 is 0 Å². The minimum absolute atomic E-state index is 0.0532. The van der Waals surface area contributed by atoms with Gasteiger partial charge < -0.3 is 9.47 Å². The number of carbonyl (C=O) groups is 1. The summed E-state index contributed by atoms with van der Waals surface area (Å²) < 4.78 is 10.9. The Morgan fingerprint density at radius 1 is 1.12 bits per heavy atom. The Bertz CT molecular complexity index is 811. The Hall–Kier alpha value is -2.89. The molecule has 0 N–H and O–H groups in total. The summed E-state index contributed by atoms with van der Waals surface area (Å²) in [4.78, 5) is 22.6. The Labute approximate surface area is 151 Å². The van der Waals surface area contributed by atoms with Gasteiger partial charge in [0.15, 0.2) is 0 Å². The van der Waals surface area contributed by atoms with Crippen molar-refractivity contribution in [2.24, 2.45) is 5.92 Å². The third-order valence-electron chi connectivity index (χ3n) is 4.90. The van der Waals surface area contributed by atoms with E-state index in [4.69, 9.17) is 9.47 Å². The molecular formula is C20H21NO5. The topological polar surface area (TPSA) is 78.7 Å². The van der Waals surface area contributed by atoms with E-state index in [-0.39, 0.29) is 11.6 Å². The molecule has 26 heavy (non-hydrogen) atoms. The highest BCUT2D eigenvalue weighted by Crippen LogP contribution is 2.54. The molecule has 2 aromatic carbocycles. The van der Waals surface area contributed by atoms with Crippen LogP contribution in [0.1, 0.15) is 42.1 Å². The van der Waals surface area contributed by atoms with Gasteiger partial charge in [-0.05, 0) is 56.0 Å². The first-order valence-electron chi connectivity index (χ1n) is 8.43. The fourth-order valence-corrected chi connectivity index (χ4v) is 3.28. The number of carbonyl (C=O) groups excluding carboxylic acids is 1. The first-order valence-corrected chi connectivity index (χ1v) is 8.43. The second-order valence-electron chi connectivity index (χ2n) is 7.02. The fourth-order valence-electron chi connectivity index (χ4n) is 3.28. The Balaban J connectivity index is 1.65. The highest BCUT2D eigenvalue weighted by molar-refractivity contribution is 5.90. The van der Waals surface area contributed by atoms with E-state index in [9.17, 15) is 14.9 Å². The molecule has 6 nitrogen and oxygen atoms in total. The van der Waals surface area contributed by atoms with E-state index in [1.807, 2.05) is 38.1 Å². The van der Waals surface area contributed by atoms with Crippen LogP contribution in [0.4, 0.5) is 5.69 Å². The van der Waals surface area contributed by atoms with Gasteiger partial charge >= 0.3 is 5.97 Å². The average molecular weight is 355 g/mol. The largest absolute Gasteiger partial charge is 0.497 e. The van der Waals surface area contributed by atoms with Gasteiger partial charge in [0.1, 0.15) is 11.4 Å². The van der Waals surface area contributed by atoms with Crippen molar-refractivity contribution in [3.8, 4) is 5.75 Å². The summed E-state index contributed by atoms with van der Waals surface area (Å²) in [6, 6.07) is 13.4. The first kappa shape index (κ1) is 17.9. The lowest BCUT2D eigenvalue weighted by Crippen LogP contribution is -2.31. The molecule has 3 rings (SSSR count). The van der Waals surface area contributed by atoms with Crippen molar-refractivity contribution in [1.82, 2.24) is 0 Å². The number of methoxy groups -OCH3 is 1. The highest BCUT2D eigenvalue weighted by atomic mass is 16.6. The number of esters is 1. The smallest absolute Gasteiger partial charge is 0.338 e. The summed E-state index contributed by atoms with van der Waals surface area (Å²) in [6.07, 6.45) is 0.951. The lowest BCUT2D eigenvalue weighted by molar-refractivity contribution is -0.384. The predicted molar refractivity (Wildman–Crippen MR) is 96.4 cm³/mol. The molecule has 0 spiro atoms. The Morgan fingerprint density at radius 3 is 2.27 bits per heavy atom. The summed E-state index contributed by atoms with van der Waals surface area (Å²) in [6.45, 7) is 3.81. The van der Waals surface area contributed by atoms with Crippen LogP contribution in [0.15, 0.2) is 48.5 Å². The minimum Gasteiger partial charge on any atom is -0.497 e. The van der Waals surface area contributed by atoms with E-state index in [1.54, 1.807) is 7.11 Å². The Kier molecular flexibility index (Phi) is 4.68. The highest BCUT2D eigenvalue weighted by Gasteiger charge is 2.50. The summed E-state index contributed by atoms with van der Waals surface area (Å²) in [5.74, 6) is 0.929. The summed E-state index contributed by atoms with van der Waals surface area (Å²) in [5.41, 5.74) is 0.840. The van der Waals surface area contributed by atoms with Crippen molar-refractivity contribution >= 4 is 11.7 Å². The molecule has 0 aliphatic heterocycles. The molecule has 0 heterocycles. The third-order valence-corrected chi connectivity index (χ3v) is 4.90. The molecule has 0 amide bonds. The van der Waals surface area contributed by atoms with Gasteiger partial charge in [-0.15, -0.1) is 0 Å². The molecule has 0 unspecified atom stereocenters. The lowest BCUT2D eigenvalue weighted by Gasteiger charge is -2.26. The maximum Gasteiger partial charge on any atom is 0.338 e. The van der Waals surface area contributed by atoms with Crippen LogP contribution in [-0.4, -0.2) is 23.6 Å². The second kappa shape index (κ2) is 6.78. The van der Waals surface area contributed by atoms with E-state index in [1.165, 1.54) is 29.8 Å². The molecule has 2 aromatic rings. The zero-order chi connectivity index (χ0) is 18.9. The number of nitro groups is 1. The summed E-state index contributed by atoms with van der Waals surface area (Å²) in [5, 5.41) is 10.7. The third kappa shape index (κ3) is 3.69. The normalized spacial score (nSPS) is 18.9. The van der Waals surface area contributed by atoms with E-state index < -0.39 is 16.5 Å². The number of hydrogen-bond donors (Lipinski definition) is 0. The van der Waals surface area contributed by atoms with Crippen molar-refractivity contribution in [2.45, 2.75) is 31.8 Å². The van der Waals surface area contributed by atoms with Gasteiger partial charge in [-0.2, -0.15) is 0 Å². The van der Waals surface area contributed by atoms with E-state index in [0.29, 0.717) is 11.5 Å². The van der Waals surface area contributed by atoms with Crippen molar-refractivity contribution in [2.75, 3.05) is 7.11 Å². The van der Waals surface area contributed by atoms with Gasteiger partial charge in [0, 0.05) is 18.1 Å². The van der Waals surface area contributed by atoms with Gasteiger partial charge in [-0.25, -0.2) is 4.79 Å². The molecule has 136 valence electrons. The number of benzene rings is 2. The SMILES string of the molecule is COc1ccc([C@H]2C[C@@H]2C(C)(C)OC(=O)c2ccc([N+](=O)[O-])cc2)cc1. The zero-order valence-corrected chi connectivity index (χ0v) is 15.0. The van der Waals surface area contributed by atoms with Gasteiger partial charge in [-0.1, -0.05) is 12.1 Å². The minimum atomic E-state index is -0.622. The lowest BCUT2D eigenvalue weighted by atomic mass is 9.98. The van der Waals surface area contributed by atoms with Crippen LogP contribution in [0.2, 0.25) is 0 Å².